The van der Waals surface area contributed by atoms with E-state index in [0.29, 0.717) is 32.2 Å². The van der Waals surface area contributed by atoms with Gasteiger partial charge in [-0.1, -0.05) is 6.08 Å². The van der Waals surface area contributed by atoms with Gasteiger partial charge >= 0.3 is 5.97 Å². The molecule has 24 heavy (non-hydrogen) atoms. The molecule has 1 unspecified atom stereocenters. The summed E-state index contributed by atoms with van der Waals surface area (Å²) in [7, 11) is 1.90. The summed E-state index contributed by atoms with van der Waals surface area (Å²) in [5.74, 6) is -0.814. The standard InChI is InChI=1S/C18H27N3O3/c1-5-9-18(17(23)24)10-6-11-21(12-18)16(22)8-7-15-13(2)19-20(4)14(15)3/h5H,1,6-12H2,2-4H3,(H,23,24). The van der Waals surface area contributed by atoms with Crippen LogP contribution < -0.4 is 0 Å². The molecule has 132 valence electrons. The van der Waals surface area contributed by atoms with E-state index in [4.69, 9.17) is 0 Å². The second-order valence-corrected chi connectivity index (χ2v) is 6.77. The van der Waals surface area contributed by atoms with Crippen LogP contribution in [-0.2, 0) is 23.1 Å². The lowest BCUT2D eigenvalue weighted by Gasteiger charge is -2.39. The molecule has 1 aromatic rings. The summed E-state index contributed by atoms with van der Waals surface area (Å²) < 4.78 is 1.83. The van der Waals surface area contributed by atoms with E-state index in [1.165, 1.54) is 0 Å². The minimum atomic E-state index is -0.879. The molecule has 0 bridgehead atoms. The number of nitrogens with zero attached hydrogens (tertiary/aromatic N) is 3. The fourth-order valence-electron chi connectivity index (χ4n) is 3.62. The lowest BCUT2D eigenvalue weighted by Crippen LogP contribution is -2.49. The zero-order chi connectivity index (χ0) is 17.9. The van der Waals surface area contributed by atoms with Crippen molar-refractivity contribution in [1.82, 2.24) is 14.7 Å². The van der Waals surface area contributed by atoms with Crippen molar-refractivity contribution in [2.45, 2.75) is 46.0 Å². The van der Waals surface area contributed by atoms with Crippen LogP contribution in [0.3, 0.4) is 0 Å². The maximum absolute atomic E-state index is 12.6. The maximum Gasteiger partial charge on any atom is 0.311 e. The van der Waals surface area contributed by atoms with Crippen LogP contribution >= 0.6 is 0 Å². The second-order valence-electron chi connectivity index (χ2n) is 6.77. The van der Waals surface area contributed by atoms with Crippen LogP contribution in [0.4, 0.5) is 0 Å². The Balaban J connectivity index is 2.04. The lowest BCUT2D eigenvalue weighted by molar-refractivity contribution is -0.154. The summed E-state index contributed by atoms with van der Waals surface area (Å²) in [6, 6.07) is 0. The minimum absolute atomic E-state index is 0.0204. The normalized spacial score (nSPS) is 20.9. The number of carboxylic acids is 1. The van der Waals surface area contributed by atoms with Crippen LogP contribution in [0.25, 0.3) is 0 Å². The molecule has 0 aliphatic carbocycles. The first-order valence-electron chi connectivity index (χ1n) is 8.42. The number of carboxylic acid groups (broad SMARTS) is 1. The van der Waals surface area contributed by atoms with E-state index in [1.807, 2.05) is 25.6 Å². The Kier molecular flexibility index (Phi) is 5.47. The number of amides is 1. The van der Waals surface area contributed by atoms with E-state index in [0.717, 1.165) is 23.4 Å². The van der Waals surface area contributed by atoms with Gasteiger partial charge in [-0.3, -0.25) is 14.3 Å². The quantitative estimate of drug-likeness (QED) is 0.810. The molecule has 0 spiro atoms. The molecule has 0 radical (unpaired) electrons. The molecule has 1 atom stereocenters. The van der Waals surface area contributed by atoms with Gasteiger partial charge in [-0.05, 0) is 45.1 Å². The zero-order valence-electron chi connectivity index (χ0n) is 14.8. The number of carbonyl (C=O) groups excluding carboxylic acids is 1. The first-order chi connectivity index (χ1) is 11.3. The Morgan fingerprint density at radius 3 is 2.67 bits per heavy atom. The summed E-state index contributed by atoms with van der Waals surface area (Å²) in [6.45, 7) is 8.54. The molecule has 0 saturated carbocycles. The third kappa shape index (κ3) is 3.52. The van der Waals surface area contributed by atoms with Crippen LogP contribution in [0.1, 0.15) is 42.6 Å². The van der Waals surface area contributed by atoms with E-state index in [2.05, 4.69) is 11.7 Å². The van der Waals surface area contributed by atoms with Crippen molar-refractivity contribution in [2.75, 3.05) is 13.1 Å². The molecule has 1 aliphatic heterocycles. The summed E-state index contributed by atoms with van der Waals surface area (Å²) in [6.07, 6.45) is 4.38. The average molecular weight is 333 g/mol. The molecule has 2 rings (SSSR count). The van der Waals surface area contributed by atoms with Crippen molar-refractivity contribution in [1.29, 1.82) is 0 Å². The van der Waals surface area contributed by atoms with E-state index in [9.17, 15) is 14.7 Å². The molecular weight excluding hydrogens is 306 g/mol. The van der Waals surface area contributed by atoms with Crippen LogP contribution in [0.15, 0.2) is 12.7 Å². The summed E-state index contributed by atoms with van der Waals surface area (Å²) >= 11 is 0. The number of piperidine rings is 1. The van der Waals surface area contributed by atoms with E-state index in [1.54, 1.807) is 11.0 Å². The molecule has 6 nitrogen and oxygen atoms in total. The lowest BCUT2D eigenvalue weighted by atomic mass is 9.77. The molecule has 1 aromatic heterocycles. The van der Waals surface area contributed by atoms with Crippen molar-refractivity contribution in [2.24, 2.45) is 12.5 Å². The largest absolute Gasteiger partial charge is 0.481 e. The average Bonchev–Trinajstić information content (AvgIpc) is 2.78. The molecule has 1 N–H and O–H groups in total. The molecule has 1 aliphatic rings. The fourth-order valence-corrected chi connectivity index (χ4v) is 3.62. The van der Waals surface area contributed by atoms with E-state index < -0.39 is 11.4 Å². The van der Waals surface area contributed by atoms with Gasteiger partial charge < -0.3 is 10.0 Å². The molecule has 1 fully saturated rings. The number of aromatic nitrogens is 2. The Morgan fingerprint density at radius 1 is 1.42 bits per heavy atom. The molecule has 0 aromatic carbocycles. The van der Waals surface area contributed by atoms with Gasteiger partial charge in [-0.25, -0.2) is 0 Å². The number of carbonyl (C=O) groups is 2. The van der Waals surface area contributed by atoms with Gasteiger partial charge in [0, 0.05) is 32.3 Å². The van der Waals surface area contributed by atoms with Gasteiger partial charge in [0.25, 0.3) is 0 Å². The van der Waals surface area contributed by atoms with E-state index >= 15 is 0 Å². The number of hydrogen-bond donors (Lipinski definition) is 1. The van der Waals surface area contributed by atoms with Crippen molar-refractivity contribution < 1.29 is 14.7 Å². The number of rotatable bonds is 6. The first kappa shape index (κ1) is 18.2. The highest BCUT2D eigenvalue weighted by atomic mass is 16.4. The summed E-state index contributed by atoms with van der Waals surface area (Å²) in [4.78, 5) is 26.0. The Labute approximate surface area is 143 Å². The molecule has 2 heterocycles. The molecule has 6 heteroatoms. The maximum atomic E-state index is 12.6. The van der Waals surface area contributed by atoms with Crippen LogP contribution in [-0.4, -0.2) is 44.8 Å². The van der Waals surface area contributed by atoms with Crippen LogP contribution in [0.5, 0.6) is 0 Å². The highest BCUT2D eigenvalue weighted by molar-refractivity contribution is 5.80. The second kappa shape index (κ2) is 7.20. The Morgan fingerprint density at radius 2 is 2.12 bits per heavy atom. The van der Waals surface area contributed by atoms with E-state index in [-0.39, 0.29) is 12.5 Å². The smallest absolute Gasteiger partial charge is 0.311 e. The summed E-state index contributed by atoms with van der Waals surface area (Å²) in [5, 5.41) is 14.0. The number of aliphatic carboxylic acids is 1. The van der Waals surface area contributed by atoms with Crippen molar-refractivity contribution in [3.63, 3.8) is 0 Å². The number of aryl methyl sites for hydroxylation is 2. The Bertz CT molecular complexity index is 650. The fraction of sp³-hybridized carbons (Fsp3) is 0.611. The highest BCUT2D eigenvalue weighted by Crippen LogP contribution is 2.34. The van der Waals surface area contributed by atoms with Gasteiger partial charge in [0.15, 0.2) is 0 Å². The first-order valence-corrected chi connectivity index (χ1v) is 8.42. The van der Waals surface area contributed by atoms with Gasteiger partial charge in [0.05, 0.1) is 11.1 Å². The SMILES string of the molecule is C=CCC1(C(=O)O)CCCN(C(=O)CCc2c(C)nn(C)c2C)C1. The monoisotopic (exact) mass is 333 g/mol. The number of allylic oxidation sites excluding steroid dienone is 1. The summed E-state index contributed by atoms with van der Waals surface area (Å²) in [5.41, 5.74) is 2.26. The molecule has 1 amide bonds. The predicted octanol–water partition coefficient (Wildman–Crippen LogP) is 2.24. The van der Waals surface area contributed by atoms with Crippen molar-refractivity contribution in [3.8, 4) is 0 Å². The molecule has 1 saturated heterocycles. The van der Waals surface area contributed by atoms with Crippen LogP contribution in [0, 0.1) is 19.3 Å². The van der Waals surface area contributed by atoms with Gasteiger partial charge in [-0.15, -0.1) is 6.58 Å². The zero-order valence-corrected chi connectivity index (χ0v) is 14.8. The molecular formula is C18H27N3O3. The topological polar surface area (TPSA) is 75.4 Å². The minimum Gasteiger partial charge on any atom is -0.481 e. The predicted molar refractivity (Wildman–Crippen MR) is 91.7 cm³/mol. The third-order valence-corrected chi connectivity index (χ3v) is 5.17. The van der Waals surface area contributed by atoms with Crippen molar-refractivity contribution in [3.05, 3.63) is 29.6 Å². The van der Waals surface area contributed by atoms with Crippen LogP contribution in [0.2, 0.25) is 0 Å². The Hall–Kier alpha value is -2.11. The third-order valence-electron chi connectivity index (χ3n) is 5.17. The van der Waals surface area contributed by atoms with Gasteiger partial charge in [0.2, 0.25) is 5.91 Å². The van der Waals surface area contributed by atoms with Gasteiger partial charge in [0.1, 0.15) is 0 Å². The number of hydrogen-bond acceptors (Lipinski definition) is 3. The highest BCUT2D eigenvalue weighted by Gasteiger charge is 2.42. The van der Waals surface area contributed by atoms with Crippen molar-refractivity contribution >= 4 is 11.9 Å². The number of likely N-dealkylation sites (tertiary alicyclic amines) is 1. The van der Waals surface area contributed by atoms with Gasteiger partial charge in [-0.2, -0.15) is 5.10 Å².